The average Bonchev–Trinajstić information content (AvgIpc) is 2.70. The molecule has 1 fully saturated rings. The summed E-state index contributed by atoms with van der Waals surface area (Å²) in [5.74, 6) is 0. The van der Waals surface area contributed by atoms with E-state index in [-0.39, 0.29) is 0 Å². The zero-order chi connectivity index (χ0) is 10.2. The van der Waals surface area contributed by atoms with Gasteiger partial charge in [-0.3, -0.25) is 0 Å². The summed E-state index contributed by atoms with van der Waals surface area (Å²) < 4.78 is 5.54. The van der Waals surface area contributed by atoms with Gasteiger partial charge in [-0.1, -0.05) is 26.2 Å². The Bertz CT molecular complexity index is 167. The zero-order valence-corrected chi connectivity index (χ0v) is 9.87. The third-order valence-corrected chi connectivity index (χ3v) is 2.99. The molecule has 0 saturated carbocycles. The van der Waals surface area contributed by atoms with E-state index < -0.39 is 0 Å². The Morgan fingerprint density at radius 3 is 2.93 bits per heavy atom. The molecule has 0 unspecified atom stereocenters. The van der Waals surface area contributed by atoms with Gasteiger partial charge in [0.05, 0.1) is 12.6 Å². The van der Waals surface area contributed by atoms with Crippen molar-refractivity contribution in [3.05, 3.63) is 0 Å². The molecule has 1 aliphatic heterocycles. The molecule has 0 aromatic carbocycles. The zero-order valence-electron chi connectivity index (χ0n) is 9.05. The first kappa shape index (κ1) is 11.9. The fraction of sp³-hybridized carbons (Fsp3) is 0.909. The van der Waals surface area contributed by atoms with Crippen LogP contribution in [0.1, 0.15) is 45.4 Å². The fourth-order valence-electron chi connectivity index (χ4n) is 1.69. The van der Waals surface area contributed by atoms with Crippen molar-refractivity contribution in [2.24, 2.45) is 0 Å². The van der Waals surface area contributed by atoms with Gasteiger partial charge in [-0.25, -0.2) is 0 Å². The molecule has 1 atom stereocenters. The van der Waals surface area contributed by atoms with Gasteiger partial charge in [0, 0.05) is 0 Å². The van der Waals surface area contributed by atoms with Gasteiger partial charge in [-0.15, -0.1) is 0 Å². The van der Waals surface area contributed by atoms with Gasteiger partial charge in [0.15, 0.2) is 5.05 Å². The Balaban J connectivity index is 1.97. The molecule has 0 aliphatic carbocycles. The molecule has 1 N–H and O–H groups in total. The van der Waals surface area contributed by atoms with Gasteiger partial charge in [0.1, 0.15) is 0 Å². The summed E-state index contributed by atoms with van der Waals surface area (Å²) in [6.45, 7) is 4.11. The molecular formula is C11H21NOS. The van der Waals surface area contributed by atoms with Gasteiger partial charge in [0.25, 0.3) is 0 Å². The summed E-state index contributed by atoms with van der Waals surface area (Å²) in [7, 11) is 0. The minimum Gasteiger partial charge on any atom is -0.485 e. The Labute approximate surface area is 92.4 Å². The van der Waals surface area contributed by atoms with Crippen molar-refractivity contribution in [3.63, 3.8) is 0 Å². The van der Waals surface area contributed by atoms with Crippen LogP contribution in [0.5, 0.6) is 0 Å². The van der Waals surface area contributed by atoms with Crippen LogP contribution in [0.3, 0.4) is 0 Å². The Hall–Kier alpha value is -0.150. The molecule has 14 heavy (non-hydrogen) atoms. The first-order valence-electron chi connectivity index (χ1n) is 5.74. The molecule has 2 nitrogen and oxygen atoms in total. The molecule has 1 aliphatic rings. The predicted octanol–water partition coefficient (Wildman–Crippen LogP) is 2.66. The van der Waals surface area contributed by atoms with E-state index in [0.29, 0.717) is 6.04 Å². The molecule has 0 aromatic rings. The largest absolute Gasteiger partial charge is 0.485 e. The van der Waals surface area contributed by atoms with Crippen LogP contribution in [0.4, 0.5) is 0 Å². The van der Waals surface area contributed by atoms with E-state index in [1.165, 1.54) is 25.7 Å². The lowest BCUT2D eigenvalue weighted by atomic mass is 10.2. The maximum Gasteiger partial charge on any atom is 0.176 e. The number of ether oxygens (including phenoxy) is 1. The van der Waals surface area contributed by atoms with Crippen LogP contribution < -0.4 is 5.32 Å². The van der Waals surface area contributed by atoms with Crippen LogP contribution in [-0.2, 0) is 4.74 Å². The number of unbranched alkanes of at least 4 members (excludes halogenated alkanes) is 3. The first-order valence-corrected chi connectivity index (χ1v) is 6.15. The molecule has 1 heterocycles. The highest BCUT2D eigenvalue weighted by Gasteiger charge is 2.19. The fourth-order valence-corrected chi connectivity index (χ4v) is 1.97. The molecule has 0 aromatic heterocycles. The summed E-state index contributed by atoms with van der Waals surface area (Å²) in [5, 5.41) is 4.12. The van der Waals surface area contributed by atoms with Crippen molar-refractivity contribution >= 4 is 17.3 Å². The standard InChI is InChI=1S/C11H21NOS/c1-2-3-4-5-9-13-11(14)10-7-6-8-12-10/h10,12H,2-9H2,1H3/t10-/m0/s1. The minimum absolute atomic E-state index is 0.344. The van der Waals surface area contributed by atoms with E-state index in [9.17, 15) is 0 Å². The number of hydrogen-bond acceptors (Lipinski definition) is 3. The minimum atomic E-state index is 0.344. The summed E-state index contributed by atoms with van der Waals surface area (Å²) in [4.78, 5) is 0. The van der Waals surface area contributed by atoms with Gasteiger partial charge in [-0.2, -0.15) is 0 Å². The van der Waals surface area contributed by atoms with Crippen molar-refractivity contribution in [2.45, 2.75) is 51.5 Å². The maximum absolute atomic E-state index is 5.54. The summed E-state index contributed by atoms with van der Waals surface area (Å²) in [5.41, 5.74) is 0. The van der Waals surface area contributed by atoms with Gasteiger partial charge >= 0.3 is 0 Å². The third-order valence-electron chi connectivity index (χ3n) is 2.59. The second-order valence-electron chi connectivity index (χ2n) is 3.88. The van der Waals surface area contributed by atoms with E-state index in [1.807, 2.05) is 0 Å². The average molecular weight is 215 g/mol. The van der Waals surface area contributed by atoms with Crippen molar-refractivity contribution in [1.29, 1.82) is 0 Å². The van der Waals surface area contributed by atoms with E-state index >= 15 is 0 Å². The second kappa shape index (κ2) is 7.18. The van der Waals surface area contributed by atoms with Crippen molar-refractivity contribution in [1.82, 2.24) is 5.32 Å². The maximum atomic E-state index is 5.54. The first-order chi connectivity index (χ1) is 6.84. The second-order valence-corrected chi connectivity index (χ2v) is 4.28. The monoisotopic (exact) mass is 215 g/mol. The number of thiocarbonyl (C=S) groups is 1. The van der Waals surface area contributed by atoms with Gasteiger partial charge in [0.2, 0.25) is 0 Å². The van der Waals surface area contributed by atoms with Crippen LogP contribution in [0, 0.1) is 0 Å². The van der Waals surface area contributed by atoms with Crippen LogP contribution >= 0.6 is 12.2 Å². The molecular weight excluding hydrogens is 194 g/mol. The number of rotatable bonds is 6. The highest BCUT2D eigenvalue weighted by molar-refractivity contribution is 7.80. The molecule has 0 spiro atoms. The van der Waals surface area contributed by atoms with E-state index in [1.54, 1.807) is 0 Å². The normalized spacial score (nSPS) is 21.1. The third kappa shape index (κ3) is 4.38. The van der Waals surface area contributed by atoms with Crippen molar-refractivity contribution in [3.8, 4) is 0 Å². The smallest absolute Gasteiger partial charge is 0.176 e. The SMILES string of the molecule is CCCCCCOC(=S)[C@@H]1CCCN1. The highest BCUT2D eigenvalue weighted by atomic mass is 32.1. The molecule has 1 saturated heterocycles. The van der Waals surface area contributed by atoms with Crippen LogP contribution in [-0.4, -0.2) is 24.2 Å². The summed E-state index contributed by atoms with van der Waals surface area (Å²) >= 11 is 5.21. The van der Waals surface area contributed by atoms with Crippen LogP contribution in [0.15, 0.2) is 0 Å². The van der Waals surface area contributed by atoms with Gasteiger partial charge in [-0.05, 0) is 38.0 Å². The Morgan fingerprint density at radius 2 is 2.29 bits per heavy atom. The lowest BCUT2D eigenvalue weighted by Crippen LogP contribution is -2.31. The number of hydrogen-bond donors (Lipinski definition) is 1. The predicted molar refractivity (Wildman–Crippen MR) is 63.7 cm³/mol. The molecule has 0 radical (unpaired) electrons. The van der Waals surface area contributed by atoms with Crippen LogP contribution in [0.25, 0.3) is 0 Å². The Morgan fingerprint density at radius 1 is 1.43 bits per heavy atom. The summed E-state index contributed by atoms with van der Waals surface area (Å²) in [6, 6.07) is 0.344. The molecule has 0 bridgehead atoms. The molecule has 3 heteroatoms. The lowest BCUT2D eigenvalue weighted by molar-refractivity contribution is 0.285. The Kier molecular flexibility index (Phi) is 6.12. The molecule has 1 rings (SSSR count). The van der Waals surface area contributed by atoms with E-state index in [4.69, 9.17) is 17.0 Å². The van der Waals surface area contributed by atoms with Crippen LogP contribution in [0.2, 0.25) is 0 Å². The summed E-state index contributed by atoms with van der Waals surface area (Å²) in [6.07, 6.45) is 7.35. The quantitative estimate of drug-likeness (QED) is 0.544. The highest BCUT2D eigenvalue weighted by Crippen LogP contribution is 2.08. The topological polar surface area (TPSA) is 21.3 Å². The lowest BCUT2D eigenvalue weighted by Gasteiger charge is -2.13. The van der Waals surface area contributed by atoms with E-state index in [0.717, 1.165) is 31.0 Å². The number of nitrogens with one attached hydrogen (secondary N) is 1. The van der Waals surface area contributed by atoms with E-state index in [2.05, 4.69) is 12.2 Å². The van der Waals surface area contributed by atoms with Gasteiger partial charge < -0.3 is 10.1 Å². The molecule has 82 valence electrons. The molecule has 0 amide bonds. The van der Waals surface area contributed by atoms with Crippen molar-refractivity contribution in [2.75, 3.05) is 13.2 Å². The van der Waals surface area contributed by atoms with Crippen molar-refractivity contribution < 1.29 is 4.74 Å².